The van der Waals surface area contributed by atoms with Gasteiger partial charge in [-0.15, -0.1) is 11.3 Å². The summed E-state index contributed by atoms with van der Waals surface area (Å²) in [6, 6.07) is 27.7. The van der Waals surface area contributed by atoms with Crippen LogP contribution in [0, 0.1) is 6.92 Å². The number of rotatable bonds is 2. The van der Waals surface area contributed by atoms with Crippen molar-refractivity contribution in [2.45, 2.75) is 66.5 Å². The Morgan fingerprint density at radius 2 is 1.32 bits per heavy atom. The first kappa shape index (κ1) is 25.6. The molecule has 0 saturated carbocycles. The highest BCUT2D eigenvalue weighted by molar-refractivity contribution is 8.05. The van der Waals surface area contributed by atoms with Crippen LogP contribution in [-0.4, -0.2) is 0 Å². The molecule has 0 bridgehead atoms. The molecule has 2 aliphatic rings. The van der Waals surface area contributed by atoms with Gasteiger partial charge in [0.2, 0.25) is 0 Å². The van der Waals surface area contributed by atoms with Crippen molar-refractivity contribution in [2.24, 2.45) is 0 Å². The number of benzene rings is 4. The van der Waals surface area contributed by atoms with Crippen LogP contribution in [0.3, 0.4) is 0 Å². The van der Waals surface area contributed by atoms with E-state index in [1.54, 1.807) is 0 Å². The first-order valence-corrected chi connectivity index (χ1v) is 15.8. The van der Waals surface area contributed by atoms with Gasteiger partial charge in [-0.05, 0) is 95.3 Å². The zero-order valence-corrected chi connectivity index (χ0v) is 25.3. The Bertz CT molecular complexity index is 1730. The van der Waals surface area contributed by atoms with Crippen molar-refractivity contribution in [3.63, 3.8) is 0 Å². The second-order valence-corrected chi connectivity index (χ2v) is 13.6. The molecule has 4 aromatic carbocycles. The van der Waals surface area contributed by atoms with Crippen molar-refractivity contribution in [1.82, 2.24) is 0 Å². The number of aryl methyl sites for hydroxylation is 1. The van der Waals surface area contributed by atoms with Crippen LogP contribution in [0.25, 0.3) is 38.4 Å². The van der Waals surface area contributed by atoms with Gasteiger partial charge >= 0.3 is 0 Å². The summed E-state index contributed by atoms with van der Waals surface area (Å²) in [5, 5.41) is 1.36. The maximum atomic E-state index is 2.46. The summed E-state index contributed by atoms with van der Waals surface area (Å²) in [6.07, 6.45) is 4.39. The van der Waals surface area contributed by atoms with E-state index < -0.39 is 0 Å². The van der Waals surface area contributed by atoms with Gasteiger partial charge in [-0.3, -0.25) is 0 Å². The summed E-state index contributed by atoms with van der Waals surface area (Å²) in [5.41, 5.74) is 9.57. The average molecular weight is 549 g/mol. The average Bonchev–Trinajstić information content (AvgIpc) is 3.36. The molecule has 5 aromatic rings. The SMILES string of the molecule is C/C=C\c1c(C)sc2ccc(-c3ccc4c(c3)C(C)(C)c3cc5c(cc3-4)Sc3ccccc3S5)cc12.CC. The Morgan fingerprint density at radius 1 is 0.684 bits per heavy atom. The third kappa shape index (κ3) is 3.99. The van der Waals surface area contributed by atoms with Crippen LogP contribution < -0.4 is 0 Å². The summed E-state index contributed by atoms with van der Waals surface area (Å²) in [4.78, 5) is 6.86. The smallest absolute Gasteiger partial charge is 0.0352 e. The van der Waals surface area contributed by atoms with Crippen LogP contribution in [-0.2, 0) is 5.41 Å². The number of allylic oxidation sites excluding steroid dienone is 1. The Kier molecular flexibility index (Phi) is 6.58. The molecule has 2 heterocycles. The van der Waals surface area contributed by atoms with Gasteiger partial charge in [0.25, 0.3) is 0 Å². The third-order valence-corrected chi connectivity index (χ3v) is 11.2. The second kappa shape index (κ2) is 9.79. The fraction of sp³-hybridized carbons (Fsp3) is 0.200. The molecule has 0 atom stereocenters. The summed E-state index contributed by atoms with van der Waals surface area (Å²) >= 11 is 5.70. The van der Waals surface area contributed by atoms with Crippen LogP contribution in [0.5, 0.6) is 0 Å². The van der Waals surface area contributed by atoms with E-state index in [2.05, 4.69) is 113 Å². The first-order valence-electron chi connectivity index (χ1n) is 13.4. The molecule has 190 valence electrons. The Morgan fingerprint density at radius 3 is 2.03 bits per heavy atom. The predicted octanol–water partition coefficient (Wildman–Crippen LogP) is 11.9. The molecular weight excluding hydrogens is 517 g/mol. The number of hydrogen-bond acceptors (Lipinski definition) is 3. The number of thiophene rings is 1. The molecule has 1 aliphatic heterocycles. The molecule has 0 spiro atoms. The summed E-state index contributed by atoms with van der Waals surface area (Å²) in [7, 11) is 0. The van der Waals surface area contributed by atoms with E-state index in [1.807, 2.05) is 48.7 Å². The summed E-state index contributed by atoms with van der Waals surface area (Å²) < 4.78 is 1.36. The molecule has 0 saturated heterocycles. The Labute approximate surface area is 239 Å². The number of hydrogen-bond donors (Lipinski definition) is 0. The van der Waals surface area contributed by atoms with Gasteiger partial charge in [0.15, 0.2) is 0 Å². The summed E-state index contributed by atoms with van der Waals surface area (Å²) in [6.45, 7) is 13.1. The monoisotopic (exact) mass is 548 g/mol. The standard InChI is InChI=1S/C33H26S3.C2H6/c1-5-8-22-19(2)34-28-14-12-20(15-25(22)28)21-11-13-23-24-17-31-32(18-27(24)33(3,4)26(23)16-21)36-30-10-7-6-9-29(30)35-31;1-2/h5-18H,1-4H3;1-2H3/b8-5-;. The minimum atomic E-state index is -0.0307. The lowest BCUT2D eigenvalue weighted by molar-refractivity contribution is 0.658. The molecule has 1 aliphatic carbocycles. The highest BCUT2D eigenvalue weighted by Crippen LogP contribution is 2.56. The van der Waals surface area contributed by atoms with Gasteiger partial charge in [0.05, 0.1) is 0 Å². The predicted molar refractivity (Wildman–Crippen MR) is 170 cm³/mol. The van der Waals surface area contributed by atoms with Crippen LogP contribution in [0.1, 0.15) is 56.2 Å². The zero-order chi connectivity index (χ0) is 26.6. The van der Waals surface area contributed by atoms with Crippen molar-refractivity contribution in [3.05, 3.63) is 100 Å². The van der Waals surface area contributed by atoms with Crippen molar-refractivity contribution < 1.29 is 0 Å². The molecule has 0 radical (unpaired) electrons. The fourth-order valence-electron chi connectivity index (χ4n) is 5.73. The van der Waals surface area contributed by atoms with E-state index in [0.29, 0.717) is 0 Å². The minimum absolute atomic E-state index is 0.0307. The van der Waals surface area contributed by atoms with Gasteiger partial charge in [0, 0.05) is 40.0 Å². The van der Waals surface area contributed by atoms with Crippen LogP contribution in [0.2, 0.25) is 0 Å². The van der Waals surface area contributed by atoms with Gasteiger partial charge in [0.1, 0.15) is 0 Å². The lowest BCUT2D eigenvalue weighted by Crippen LogP contribution is -2.15. The van der Waals surface area contributed by atoms with Gasteiger partial charge < -0.3 is 0 Å². The zero-order valence-electron chi connectivity index (χ0n) is 22.8. The van der Waals surface area contributed by atoms with E-state index in [9.17, 15) is 0 Å². The van der Waals surface area contributed by atoms with Crippen LogP contribution in [0.15, 0.2) is 98.5 Å². The highest BCUT2D eigenvalue weighted by Gasteiger charge is 2.37. The number of fused-ring (bicyclic) bond motifs is 6. The molecule has 0 unspecified atom stereocenters. The molecule has 0 N–H and O–H groups in total. The van der Waals surface area contributed by atoms with Gasteiger partial charge in [-0.25, -0.2) is 0 Å². The molecule has 38 heavy (non-hydrogen) atoms. The largest absolute Gasteiger partial charge is 0.140 e. The molecule has 0 amide bonds. The normalized spacial score (nSPS) is 14.5. The topological polar surface area (TPSA) is 0 Å². The van der Waals surface area contributed by atoms with Gasteiger partial charge in [-0.1, -0.05) is 93.7 Å². The van der Waals surface area contributed by atoms with E-state index in [-0.39, 0.29) is 5.41 Å². The first-order chi connectivity index (χ1) is 18.4. The van der Waals surface area contributed by atoms with E-state index in [0.717, 1.165) is 0 Å². The van der Waals surface area contributed by atoms with E-state index >= 15 is 0 Å². The lowest BCUT2D eigenvalue weighted by Gasteiger charge is -2.24. The third-order valence-electron chi connectivity index (χ3n) is 7.61. The Hall–Kier alpha value is -2.72. The van der Waals surface area contributed by atoms with Crippen molar-refractivity contribution >= 4 is 51.0 Å². The molecule has 7 rings (SSSR count). The second-order valence-electron chi connectivity index (χ2n) is 10.2. The molecule has 0 nitrogen and oxygen atoms in total. The van der Waals surface area contributed by atoms with Crippen LogP contribution >= 0.6 is 34.9 Å². The Balaban J connectivity index is 0.00000129. The lowest BCUT2D eigenvalue weighted by atomic mass is 9.81. The van der Waals surface area contributed by atoms with Crippen molar-refractivity contribution in [2.75, 3.05) is 0 Å². The summed E-state index contributed by atoms with van der Waals surface area (Å²) in [5.74, 6) is 0. The highest BCUT2D eigenvalue weighted by atomic mass is 32.2. The molecule has 1 aromatic heterocycles. The quantitative estimate of drug-likeness (QED) is 0.211. The van der Waals surface area contributed by atoms with Gasteiger partial charge in [-0.2, -0.15) is 0 Å². The van der Waals surface area contributed by atoms with Crippen LogP contribution in [0.4, 0.5) is 0 Å². The molecule has 0 fully saturated rings. The molecule has 3 heteroatoms. The minimum Gasteiger partial charge on any atom is -0.140 e. The van der Waals surface area contributed by atoms with E-state index in [4.69, 9.17) is 0 Å². The maximum absolute atomic E-state index is 2.46. The maximum Gasteiger partial charge on any atom is 0.0352 e. The van der Waals surface area contributed by atoms with Crippen molar-refractivity contribution in [3.8, 4) is 22.3 Å². The van der Waals surface area contributed by atoms with Crippen molar-refractivity contribution in [1.29, 1.82) is 0 Å². The van der Waals surface area contributed by atoms with E-state index in [1.165, 1.54) is 73.5 Å². The fourth-order valence-corrected chi connectivity index (χ4v) is 9.04. The molecular formula is C35H32S3.